The Kier molecular flexibility index (Phi) is 4.23. The molecule has 4 nitrogen and oxygen atoms in total. The molecule has 0 saturated heterocycles. The van der Waals surface area contributed by atoms with Gasteiger partial charge in [0.25, 0.3) is 0 Å². The second-order valence-corrected chi connectivity index (χ2v) is 6.09. The third-order valence-corrected chi connectivity index (χ3v) is 4.51. The molecule has 21 heavy (non-hydrogen) atoms. The first-order valence-corrected chi connectivity index (χ1v) is 7.92. The quantitative estimate of drug-likeness (QED) is 0.897. The lowest BCUT2D eigenvalue weighted by molar-refractivity contribution is -0.126. The molecule has 1 aromatic carbocycles. The number of benzene rings is 1. The number of nitrogens with one attached hydrogen (secondary N) is 2. The Morgan fingerprint density at radius 1 is 1.19 bits per heavy atom. The average Bonchev–Trinajstić information content (AvgIpc) is 2.53. The number of hydrogen-bond donors (Lipinski definition) is 2. The van der Waals surface area contributed by atoms with Gasteiger partial charge >= 0.3 is 0 Å². The lowest BCUT2D eigenvalue weighted by atomic mass is 9.88. The average molecular weight is 286 g/mol. The number of aryl methyl sites for hydroxylation is 1. The molecule has 1 saturated carbocycles. The Bertz CT molecular complexity index is 548. The van der Waals surface area contributed by atoms with Gasteiger partial charge in [0, 0.05) is 24.6 Å². The van der Waals surface area contributed by atoms with E-state index in [1.165, 1.54) is 24.8 Å². The molecule has 0 radical (unpaired) electrons. The normalized spacial score (nSPS) is 18.8. The second-order valence-electron chi connectivity index (χ2n) is 6.09. The third-order valence-electron chi connectivity index (χ3n) is 4.51. The fourth-order valence-corrected chi connectivity index (χ4v) is 3.25. The van der Waals surface area contributed by atoms with Gasteiger partial charge in [0.05, 0.1) is 0 Å². The van der Waals surface area contributed by atoms with E-state index in [1.54, 1.807) is 0 Å². The molecule has 0 spiro atoms. The lowest BCUT2D eigenvalue weighted by Crippen LogP contribution is -2.31. The van der Waals surface area contributed by atoms with Gasteiger partial charge in [-0.2, -0.15) is 0 Å². The maximum atomic E-state index is 12.1. The van der Waals surface area contributed by atoms with Gasteiger partial charge < -0.3 is 10.6 Å². The van der Waals surface area contributed by atoms with Crippen LogP contribution < -0.4 is 10.6 Å². The number of rotatable bonds is 3. The Morgan fingerprint density at radius 3 is 2.81 bits per heavy atom. The van der Waals surface area contributed by atoms with Gasteiger partial charge in [-0.3, -0.25) is 9.59 Å². The minimum atomic E-state index is 0.0841. The van der Waals surface area contributed by atoms with Crippen molar-refractivity contribution in [3.05, 3.63) is 29.3 Å². The summed E-state index contributed by atoms with van der Waals surface area (Å²) in [6, 6.07) is 6.01. The van der Waals surface area contributed by atoms with Crippen LogP contribution in [0.4, 0.5) is 5.69 Å². The third kappa shape index (κ3) is 3.43. The van der Waals surface area contributed by atoms with E-state index in [0.29, 0.717) is 13.0 Å². The van der Waals surface area contributed by atoms with Crippen LogP contribution in [0.5, 0.6) is 0 Å². The molecule has 1 fully saturated rings. The molecule has 1 aromatic rings. The number of hydrogen-bond acceptors (Lipinski definition) is 2. The van der Waals surface area contributed by atoms with Gasteiger partial charge in [-0.1, -0.05) is 31.4 Å². The lowest BCUT2D eigenvalue weighted by Gasteiger charge is -2.21. The van der Waals surface area contributed by atoms with E-state index in [0.717, 1.165) is 30.5 Å². The topological polar surface area (TPSA) is 58.2 Å². The van der Waals surface area contributed by atoms with Crippen molar-refractivity contribution >= 4 is 17.5 Å². The van der Waals surface area contributed by atoms with Crippen molar-refractivity contribution in [2.45, 2.75) is 51.5 Å². The Balaban J connectivity index is 1.58. The standard InChI is InChI=1S/C17H22N2O2/c20-16-9-7-14-10-12(6-8-15(14)19-16)11-18-17(21)13-4-2-1-3-5-13/h6,8,10,13H,1-5,7,9,11H2,(H,18,21)(H,19,20). The molecule has 2 amide bonds. The Hall–Kier alpha value is -1.84. The first-order chi connectivity index (χ1) is 10.2. The molecule has 1 aliphatic carbocycles. The molecular formula is C17H22N2O2. The zero-order valence-corrected chi connectivity index (χ0v) is 12.3. The molecule has 2 aliphatic rings. The van der Waals surface area contributed by atoms with Crippen molar-refractivity contribution in [3.8, 4) is 0 Å². The second kappa shape index (κ2) is 6.29. The van der Waals surface area contributed by atoms with Crippen LogP contribution in [0.2, 0.25) is 0 Å². The van der Waals surface area contributed by atoms with E-state index in [2.05, 4.69) is 16.7 Å². The molecule has 0 atom stereocenters. The van der Waals surface area contributed by atoms with E-state index >= 15 is 0 Å². The summed E-state index contributed by atoms with van der Waals surface area (Å²) < 4.78 is 0. The highest BCUT2D eigenvalue weighted by molar-refractivity contribution is 5.93. The van der Waals surface area contributed by atoms with Gasteiger partial charge in [-0.05, 0) is 36.5 Å². The summed E-state index contributed by atoms with van der Waals surface area (Å²) in [5, 5.41) is 5.94. The van der Waals surface area contributed by atoms with Gasteiger partial charge in [0.1, 0.15) is 0 Å². The molecule has 4 heteroatoms. The number of amides is 2. The van der Waals surface area contributed by atoms with Crippen LogP contribution in [-0.2, 0) is 22.6 Å². The van der Waals surface area contributed by atoms with Crippen molar-refractivity contribution in [2.24, 2.45) is 5.92 Å². The minimum Gasteiger partial charge on any atom is -0.352 e. The van der Waals surface area contributed by atoms with E-state index < -0.39 is 0 Å². The number of fused-ring (bicyclic) bond motifs is 1. The fourth-order valence-electron chi connectivity index (χ4n) is 3.25. The van der Waals surface area contributed by atoms with Gasteiger partial charge in [0.15, 0.2) is 0 Å². The van der Waals surface area contributed by atoms with Gasteiger partial charge in [-0.25, -0.2) is 0 Å². The van der Waals surface area contributed by atoms with Crippen molar-refractivity contribution in [1.82, 2.24) is 5.32 Å². The van der Waals surface area contributed by atoms with Crippen LogP contribution in [0.15, 0.2) is 18.2 Å². The van der Waals surface area contributed by atoms with E-state index in [4.69, 9.17) is 0 Å². The van der Waals surface area contributed by atoms with Crippen molar-refractivity contribution in [3.63, 3.8) is 0 Å². The van der Waals surface area contributed by atoms with E-state index in [-0.39, 0.29) is 17.7 Å². The highest BCUT2D eigenvalue weighted by atomic mass is 16.2. The van der Waals surface area contributed by atoms with Crippen LogP contribution in [0, 0.1) is 5.92 Å². The van der Waals surface area contributed by atoms with E-state index in [9.17, 15) is 9.59 Å². The van der Waals surface area contributed by atoms with Crippen LogP contribution >= 0.6 is 0 Å². The molecular weight excluding hydrogens is 264 g/mol. The predicted molar refractivity (Wildman–Crippen MR) is 81.8 cm³/mol. The number of carbonyl (C=O) groups is 2. The van der Waals surface area contributed by atoms with Gasteiger partial charge in [0.2, 0.25) is 11.8 Å². The Labute approximate surface area is 125 Å². The highest BCUT2D eigenvalue weighted by Crippen LogP contribution is 2.25. The van der Waals surface area contributed by atoms with Crippen LogP contribution in [0.1, 0.15) is 49.7 Å². The molecule has 2 N–H and O–H groups in total. The maximum absolute atomic E-state index is 12.1. The summed E-state index contributed by atoms with van der Waals surface area (Å²) in [6.07, 6.45) is 7.01. The first kappa shape index (κ1) is 14.1. The summed E-state index contributed by atoms with van der Waals surface area (Å²) in [7, 11) is 0. The molecule has 112 valence electrons. The Morgan fingerprint density at radius 2 is 2.00 bits per heavy atom. The van der Waals surface area contributed by atoms with Crippen molar-refractivity contribution in [2.75, 3.05) is 5.32 Å². The van der Waals surface area contributed by atoms with E-state index in [1.807, 2.05) is 12.1 Å². The SMILES string of the molecule is O=C1CCc2cc(CNC(=O)C3CCCCC3)ccc2N1. The summed E-state index contributed by atoms with van der Waals surface area (Å²) >= 11 is 0. The molecule has 0 bridgehead atoms. The number of anilines is 1. The molecule has 3 rings (SSSR count). The van der Waals surface area contributed by atoms with Crippen molar-refractivity contribution < 1.29 is 9.59 Å². The summed E-state index contributed by atoms with van der Waals surface area (Å²) in [5.74, 6) is 0.484. The van der Waals surface area contributed by atoms with Crippen molar-refractivity contribution in [1.29, 1.82) is 0 Å². The fraction of sp³-hybridized carbons (Fsp3) is 0.529. The molecule has 0 unspecified atom stereocenters. The zero-order valence-electron chi connectivity index (χ0n) is 12.3. The molecule has 0 aromatic heterocycles. The van der Waals surface area contributed by atoms with Crippen LogP contribution in [0.3, 0.4) is 0 Å². The maximum Gasteiger partial charge on any atom is 0.224 e. The first-order valence-electron chi connectivity index (χ1n) is 7.92. The monoisotopic (exact) mass is 286 g/mol. The number of carbonyl (C=O) groups excluding carboxylic acids is 2. The smallest absolute Gasteiger partial charge is 0.224 e. The summed E-state index contributed by atoms with van der Waals surface area (Å²) in [4.78, 5) is 23.5. The minimum absolute atomic E-state index is 0.0841. The zero-order chi connectivity index (χ0) is 14.7. The highest BCUT2D eigenvalue weighted by Gasteiger charge is 2.21. The van der Waals surface area contributed by atoms with Crippen LogP contribution in [0.25, 0.3) is 0 Å². The molecule has 1 aliphatic heterocycles. The summed E-state index contributed by atoms with van der Waals surface area (Å²) in [5.41, 5.74) is 3.18. The molecule has 1 heterocycles. The predicted octanol–water partition coefficient (Wildman–Crippen LogP) is 2.77. The van der Waals surface area contributed by atoms with Gasteiger partial charge in [-0.15, -0.1) is 0 Å². The summed E-state index contributed by atoms with van der Waals surface area (Å²) in [6.45, 7) is 0.580. The largest absolute Gasteiger partial charge is 0.352 e. The van der Waals surface area contributed by atoms with Crippen LogP contribution in [-0.4, -0.2) is 11.8 Å².